The second kappa shape index (κ2) is 8.86. The smallest absolute Gasteiger partial charge is 0.271 e. The summed E-state index contributed by atoms with van der Waals surface area (Å²) >= 11 is 0. The standard InChI is InChI=1S/C22H25N7O2/c1-28-14-15(11-25-28)10-24-22(31)21-19(13-26-29(21)2)27-20(30)9-5-6-16-12-23-18-8-4-3-7-17(16)18/h3-4,7-8,11-14,23H,5-6,9-10H2,1-2H3,(H,24,31)(H,27,30). The number of aromatic nitrogens is 5. The van der Waals surface area contributed by atoms with E-state index in [-0.39, 0.29) is 11.8 Å². The predicted octanol–water partition coefficient (Wildman–Crippen LogP) is 2.53. The van der Waals surface area contributed by atoms with Crippen LogP contribution in [-0.2, 0) is 31.9 Å². The predicted molar refractivity (Wildman–Crippen MR) is 117 cm³/mol. The van der Waals surface area contributed by atoms with Crippen LogP contribution in [0.4, 0.5) is 5.69 Å². The monoisotopic (exact) mass is 419 g/mol. The van der Waals surface area contributed by atoms with Crippen LogP contribution in [0.5, 0.6) is 0 Å². The Morgan fingerprint density at radius 2 is 1.97 bits per heavy atom. The minimum Gasteiger partial charge on any atom is -0.361 e. The first-order chi connectivity index (χ1) is 15.0. The van der Waals surface area contributed by atoms with Gasteiger partial charge in [0, 0.05) is 55.9 Å². The van der Waals surface area contributed by atoms with Crippen molar-refractivity contribution >= 4 is 28.4 Å². The summed E-state index contributed by atoms with van der Waals surface area (Å²) in [5.41, 5.74) is 3.90. The molecular weight excluding hydrogens is 394 g/mol. The number of benzene rings is 1. The SMILES string of the molecule is Cn1cc(CNC(=O)c2c(NC(=O)CCCc3c[nH]c4ccccc34)cnn2C)cn1. The van der Waals surface area contributed by atoms with Crippen LogP contribution in [-0.4, -0.2) is 36.4 Å². The quantitative estimate of drug-likeness (QED) is 0.408. The van der Waals surface area contributed by atoms with Crippen LogP contribution in [0.15, 0.2) is 49.1 Å². The average molecular weight is 419 g/mol. The van der Waals surface area contributed by atoms with E-state index in [9.17, 15) is 9.59 Å². The molecule has 31 heavy (non-hydrogen) atoms. The van der Waals surface area contributed by atoms with Crippen LogP contribution >= 0.6 is 0 Å². The molecule has 160 valence electrons. The third-order valence-corrected chi connectivity index (χ3v) is 5.16. The summed E-state index contributed by atoms with van der Waals surface area (Å²) in [6, 6.07) is 8.12. The number of hydrogen-bond donors (Lipinski definition) is 3. The highest BCUT2D eigenvalue weighted by molar-refractivity contribution is 6.02. The zero-order valence-corrected chi connectivity index (χ0v) is 17.6. The van der Waals surface area contributed by atoms with Crippen molar-refractivity contribution in [2.24, 2.45) is 14.1 Å². The molecule has 0 fully saturated rings. The molecule has 0 spiro atoms. The van der Waals surface area contributed by atoms with Crippen molar-refractivity contribution in [1.82, 2.24) is 29.9 Å². The van der Waals surface area contributed by atoms with Crippen LogP contribution in [0.2, 0.25) is 0 Å². The van der Waals surface area contributed by atoms with E-state index >= 15 is 0 Å². The first kappa shape index (κ1) is 20.4. The molecule has 3 aromatic heterocycles. The van der Waals surface area contributed by atoms with Gasteiger partial charge >= 0.3 is 0 Å². The van der Waals surface area contributed by atoms with Crippen LogP contribution in [0, 0.1) is 0 Å². The summed E-state index contributed by atoms with van der Waals surface area (Å²) < 4.78 is 3.13. The third kappa shape index (κ3) is 4.66. The number of carbonyl (C=O) groups excluding carboxylic acids is 2. The maximum Gasteiger partial charge on any atom is 0.271 e. The van der Waals surface area contributed by atoms with Crippen molar-refractivity contribution in [1.29, 1.82) is 0 Å². The van der Waals surface area contributed by atoms with Gasteiger partial charge in [-0.2, -0.15) is 10.2 Å². The number of hydrogen-bond acceptors (Lipinski definition) is 4. The van der Waals surface area contributed by atoms with E-state index in [1.165, 1.54) is 21.8 Å². The molecule has 0 aliphatic rings. The molecule has 2 amide bonds. The van der Waals surface area contributed by atoms with Crippen molar-refractivity contribution in [2.75, 3.05) is 5.32 Å². The van der Waals surface area contributed by atoms with Crippen molar-refractivity contribution in [3.8, 4) is 0 Å². The number of para-hydroxylation sites is 1. The Morgan fingerprint density at radius 1 is 1.13 bits per heavy atom. The van der Waals surface area contributed by atoms with E-state index < -0.39 is 0 Å². The molecule has 3 heterocycles. The zero-order chi connectivity index (χ0) is 21.8. The van der Waals surface area contributed by atoms with E-state index in [0.717, 1.165) is 17.5 Å². The zero-order valence-electron chi connectivity index (χ0n) is 17.6. The number of anilines is 1. The largest absolute Gasteiger partial charge is 0.361 e. The van der Waals surface area contributed by atoms with Crippen molar-refractivity contribution in [3.05, 3.63) is 65.9 Å². The Kier molecular flexibility index (Phi) is 5.83. The number of amides is 2. The van der Waals surface area contributed by atoms with Crippen molar-refractivity contribution in [3.63, 3.8) is 0 Å². The van der Waals surface area contributed by atoms with Gasteiger partial charge in [-0.3, -0.25) is 19.0 Å². The molecule has 0 radical (unpaired) electrons. The number of fused-ring (bicyclic) bond motifs is 1. The van der Waals surface area contributed by atoms with Gasteiger partial charge in [0.1, 0.15) is 5.69 Å². The lowest BCUT2D eigenvalue weighted by atomic mass is 10.1. The van der Waals surface area contributed by atoms with Gasteiger partial charge in [0.2, 0.25) is 5.91 Å². The molecule has 9 nitrogen and oxygen atoms in total. The van der Waals surface area contributed by atoms with Gasteiger partial charge in [0.15, 0.2) is 0 Å². The van der Waals surface area contributed by atoms with Crippen molar-refractivity contribution < 1.29 is 9.59 Å². The third-order valence-electron chi connectivity index (χ3n) is 5.16. The van der Waals surface area contributed by atoms with Crippen LogP contribution in [0.3, 0.4) is 0 Å². The van der Waals surface area contributed by atoms with Gasteiger partial charge in [-0.15, -0.1) is 0 Å². The number of H-pyrrole nitrogens is 1. The summed E-state index contributed by atoms with van der Waals surface area (Å²) in [4.78, 5) is 28.4. The molecule has 4 aromatic rings. The Hall–Kier alpha value is -3.88. The molecule has 0 bridgehead atoms. The van der Waals surface area contributed by atoms with Crippen LogP contribution in [0.1, 0.15) is 34.5 Å². The fraction of sp³-hybridized carbons (Fsp3) is 0.273. The van der Waals surface area contributed by atoms with Gasteiger partial charge in [0.05, 0.1) is 18.1 Å². The van der Waals surface area contributed by atoms with E-state index in [0.29, 0.717) is 30.8 Å². The normalized spacial score (nSPS) is 11.0. The molecule has 0 saturated carbocycles. The van der Waals surface area contributed by atoms with Crippen LogP contribution in [0.25, 0.3) is 10.9 Å². The first-order valence-electron chi connectivity index (χ1n) is 10.1. The molecule has 1 aromatic carbocycles. The number of rotatable bonds is 8. The first-order valence-corrected chi connectivity index (χ1v) is 10.1. The number of carbonyl (C=O) groups is 2. The molecule has 0 atom stereocenters. The lowest BCUT2D eigenvalue weighted by Crippen LogP contribution is -2.26. The maximum atomic E-state index is 12.6. The Morgan fingerprint density at radius 3 is 2.77 bits per heavy atom. The topological polar surface area (TPSA) is 110 Å². The Bertz CT molecular complexity index is 1220. The van der Waals surface area contributed by atoms with E-state index in [1.807, 2.05) is 37.6 Å². The molecule has 4 rings (SSSR count). The Balaban J connectivity index is 1.32. The van der Waals surface area contributed by atoms with E-state index in [2.05, 4.69) is 31.9 Å². The molecule has 0 unspecified atom stereocenters. The van der Waals surface area contributed by atoms with E-state index in [4.69, 9.17) is 0 Å². The fourth-order valence-electron chi connectivity index (χ4n) is 3.62. The Labute approximate surface area is 179 Å². The molecular formula is C22H25N7O2. The highest BCUT2D eigenvalue weighted by Gasteiger charge is 2.18. The van der Waals surface area contributed by atoms with Crippen LogP contribution < -0.4 is 10.6 Å². The minimum absolute atomic E-state index is 0.144. The summed E-state index contributed by atoms with van der Waals surface area (Å²) in [5, 5.41) is 15.1. The molecule has 3 N–H and O–H groups in total. The van der Waals surface area contributed by atoms with Gasteiger partial charge in [-0.05, 0) is 24.5 Å². The molecule has 0 aliphatic carbocycles. The van der Waals surface area contributed by atoms with Gasteiger partial charge in [-0.25, -0.2) is 0 Å². The number of aromatic amines is 1. The average Bonchev–Trinajstić information content (AvgIpc) is 3.45. The summed E-state index contributed by atoms with van der Waals surface area (Å²) in [7, 11) is 3.49. The number of nitrogens with one attached hydrogen (secondary N) is 3. The van der Waals surface area contributed by atoms with Gasteiger partial charge in [0.25, 0.3) is 5.91 Å². The summed E-state index contributed by atoms with van der Waals surface area (Å²) in [5.74, 6) is -0.452. The molecule has 9 heteroatoms. The summed E-state index contributed by atoms with van der Waals surface area (Å²) in [6.07, 6.45) is 8.87. The van der Waals surface area contributed by atoms with Crippen molar-refractivity contribution in [2.45, 2.75) is 25.8 Å². The van der Waals surface area contributed by atoms with Gasteiger partial charge < -0.3 is 15.6 Å². The highest BCUT2D eigenvalue weighted by Crippen LogP contribution is 2.20. The van der Waals surface area contributed by atoms with E-state index in [1.54, 1.807) is 17.9 Å². The highest BCUT2D eigenvalue weighted by atomic mass is 16.2. The van der Waals surface area contributed by atoms with Gasteiger partial charge in [-0.1, -0.05) is 18.2 Å². The minimum atomic E-state index is -0.307. The second-order valence-electron chi connectivity index (χ2n) is 7.50. The fourth-order valence-corrected chi connectivity index (χ4v) is 3.62. The number of aryl methyl sites for hydroxylation is 3. The second-order valence-corrected chi connectivity index (χ2v) is 7.50. The maximum absolute atomic E-state index is 12.6. The molecule has 0 aliphatic heterocycles. The summed E-state index contributed by atoms with van der Waals surface area (Å²) in [6.45, 7) is 0.343. The molecule has 0 saturated heterocycles. The number of nitrogens with zero attached hydrogens (tertiary/aromatic N) is 4. The lowest BCUT2D eigenvalue weighted by molar-refractivity contribution is -0.116. The lowest BCUT2D eigenvalue weighted by Gasteiger charge is -2.08.